The molecule has 2 rings (SSSR count). The van der Waals surface area contributed by atoms with Crippen molar-refractivity contribution in [2.24, 2.45) is 0 Å². The standard InChI is InChI=1S/C13H16N2O4S2/c1-8(14-11(17)9-3-2-5-21-9)10(16)15-13(12(18)19)4-6-20-7-13/h2-3,5,8H,4,6-7H2,1H3,(H,14,17)(H,15,16)(H,18,19). The molecule has 6 nitrogen and oxygen atoms in total. The van der Waals surface area contributed by atoms with Gasteiger partial charge in [0.25, 0.3) is 5.91 Å². The first-order chi connectivity index (χ1) is 9.94. The number of hydrogen-bond donors (Lipinski definition) is 3. The van der Waals surface area contributed by atoms with Crippen molar-refractivity contribution in [1.29, 1.82) is 0 Å². The molecule has 0 aromatic carbocycles. The third kappa shape index (κ3) is 3.56. The lowest BCUT2D eigenvalue weighted by molar-refractivity contribution is -0.146. The summed E-state index contributed by atoms with van der Waals surface area (Å²) in [5.41, 5.74) is -1.22. The van der Waals surface area contributed by atoms with Crippen LogP contribution >= 0.6 is 23.1 Å². The molecule has 0 aliphatic carbocycles. The van der Waals surface area contributed by atoms with E-state index in [1.165, 1.54) is 23.1 Å². The minimum absolute atomic E-state index is 0.335. The van der Waals surface area contributed by atoms with Crippen molar-refractivity contribution in [1.82, 2.24) is 10.6 Å². The first-order valence-electron chi connectivity index (χ1n) is 6.42. The lowest BCUT2D eigenvalue weighted by Gasteiger charge is -2.26. The highest BCUT2D eigenvalue weighted by Gasteiger charge is 2.43. The Hall–Kier alpha value is -1.54. The smallest absolute Gasteiger partial charge is 0.330 e. The normalized spacial score (nSPS) is 22.5. The van der Waals surface area contributed by atoms with Crippen LogP contribution in [0.4, 0.5) is 0 Å². The predicted molar refractivity (Wildman–Crippen MR) is 81.7 cm³/mol. The number of carbonyl (C=O) groups is 3. The van der Waals surface area contributed by atoms with E-state index in [2.05, 4.69) is 10.6 Å². The Balaban J connectivity index is 1.96. The molecule has 0 saturated carbocycles. The van der Waals surface area contributed by atoms with Crippen LogP contribution in [0.3, 0.4) is 0 Å². The van der Waals surface area contributed by atoms with Crippen molar-refractivity contribution < 1.29 is 19.5 Å². The zero-order valence-electron chi connectivity index (χ0n) is 11.4. The summed E-state index contributed by atoms with van der Waals surface area (Å²) < 4.78 is 0. The molecular formula is C13H16N2O4S2. The molecule has 3 N–H and O–H groups in total. The third-order valence-electron chi connectivity index (χ3n) is 3.28. The topological polar surface area (TPSA) is 95.5 Å². The van der Waals surface area contributed by atoms with Crippen molar-refractivity contribution in [3.8, 4) is 0 Å². The highest BCUT2D eigenvalue weighted by Crippen LogP contribution is 2.28. The van der Waals surface area contributed by atoms with Crippen LogP contribution in [0.5, 0.6) is 0 Å². The second-order valence-electron chi connectivity index (χ2n) is 4.85. The quantitative estimate of drug-likeness (QED) is 0.748. The van der Waals surface area contributed by atoms with Crippen molar-refractivity contribution in [3.63, 3.8) is 0 Å². The van der Waals surface area contributed by atoms with E-state index in [0.717, 1.165) is 0 Å². The van der Waals surface area contributed by atoms with Crippen LogP contribution in [0.15, 0.2) is 17.5 Å². The van der Waals surface area contributed by atoms with Gasteiger partial charge in [0, 0.05) is 5.75 Å². The molecule has 114 valence electrons. The first-order valence-corrected chi connectivity index (χ1v) is 8.45. The molecule has 0 bridgehead atoms. The highest BCUT2D eigenvalue weighted by molar-refractivity contribution is 7.99. The minimum atomic E-state index is -1.22. The second-order valence-corrected chi connectivity index (χ2v) is 6.90. The minimum Gasteiger partial charge on any atom is -0.479 e. The molecule has 2 atom stereocenters. The Kier molecular flexibility index (Phi) is 4.89. The summed E-state index contributed by atoms with van der Waals surface area (Å²) in [6.45, 7) is 1.54. The van der Waals surface area contributed by atoms with Crippen LogP contribution in [-0.2, 0) is 9.59 Å². The summed E-state index contributed by atoms with van der Waals surface area (Å²) in [5.74, 6) is -0.803. The number of nitrogens with one attached hydrogen (secondary N) is 2. The number of thioether (sulfide) groups is 1. The summed E-state index contributed by atoms with van der Waals surface area (Å²) in [7, 11) is 0. The van der Waals surface area contributed by atoms with E-state index in [4.69, 9.17) is 0 Å². The molecule has 2 amide bonds. The third-order valence-corrected chi connectivity index (χ3v) is 5.34. The molecule has 21 heavy (non-hydrogen) atoms. The zero-order valence-corrected chi connectivity index (χ0v) is 13.1. The SMILES string of the molecule is CC(NC(=O)c1cccs1)C(=O)NC1(C(=O)O)CCSC1. The number of amides is 2. The molecule has 8 heteroatoms. The molecular weight excluding hydrogens is 312 g/mol. The fourth-order valence-electron chi connectivity index (χ4n) is 1.97. The van der Waals surface area contributed by atoms with E-state index in [-0.39, 0.29) is 5.91 Å². The Morgan fingerprint density at radius 1 is 1.43 bits per heavy atom. The molecule has 1 aliphatic heterocycles. The van der Waals surface area contributed by atoms with E-state index in [1.54, 1.807) is 24.4 Å². The number of carbonyl (C=O) groups excluding carboxylic acids is 2. The maximum Gasteiger partial charge on any atom is 0.330 e. The van der Waals surface area contributed by atoms with Crippen LogP contribution < -0.4 is 10.6 Å². The number of hydrogen-bond acceptors (Lipinski definition) is 5. The summed E-state index contributed by atoms with van der Waals surface area (Å²) in [6.07, 6.45) is 0.393. The van der Waals surface area contributed by atoms with Gasteiger partial charge in [0.1, 0.15) is 11.6 Å². The van der Waals surface area contributed by atoms with E-state index < -0.39 is 23.5 Å². The fraction of sp³-hybridized carbons (Fsp3) is 0.462. The highest BCUT2D eigenvalue weighted by atomic mass is 32.2. The van der Waals surface area contributed by atoms with Gasteiger partial charge in [-0.25, -0.2) is 4.79 Å². The molecule has 1 fully saturated rings. The Bertz CT molecular complexity index is 538. The van der Waals surface area contributed by atoms with Crippen molar-refractivity contribution in [3.05, 3.63) is 22.4 Å². The van der Waals surface area contributed by atoms with Gasteiger partial charge in [-0.3, -0.25) is 9.59 Å². The average Bonchev–Trinajstić information content (AvgIpc) is 3.10. The van der Waals surface area contributed by atoms with Crippen molar-refractivity contribution in [2.75, 3.05) is 11.5 Å². The number of aliphatic carboxylic acids is 1. The Morgan fingerprint density at radius 3 is 2.71 bits per heavy atom. The molecule has 2 unspecified atom stereocenters. The molecule has 2 heterocycles. The largest absolute Gasteiger partial charge is 0.479 e. The van der Waals surface area contributed by atoms with E-state index in [1.807, 2.05) is 0 Å². The lowest BCUT2D eigenvalue weighted by atomic mass is 9.98. The van der Waals surface area contributed by atoms with Crippen LogP contribution in [0, 0.1) is 0 Å². The maximum absolute atomic E-state index is 12.1. The summed E-state index contributed by atoms with van der Waals surface area (Å²) in [6, 6.07) is 2.62. The van der Waals surface area contributed by atoms with Crippen LogP contribution in [-0.4, -0.2) is 46.0 Å². The summed E-state index contributed by atoms with van der Waals surface area (Å²) in [4.78, 5) is 35.9. The molecule has 0 radical (unpaired) electrons. The van der Waals surface area contributed by atoms with E-state index >= 15 is 0 Å². The van der Waals surface area contributed by atoms with Gasteiger partial charge in [-0.05, 0) is 30.5 Å². The second kappa shape index (κ2) is 6.48. The maximum atomic E-state index is 12.1. The summed E-state index contributed by atoms with van der Waals surface area (Å²) >= 11 is 2.77. The summed E-state index contributed by atoms with van der Waals surface area (Å²) in [5, 5.41) is 16.2. The zero-order chi connectivity index (χ0) is 15.5. The van der Waals surface area contributed by atoms with E-state index in [9.17, 15) is 19.5 Å². The van der Waals surface area contributed by atoms with Crippen molar-refractivity contribution in [2.45, 2.75) is 24.9 Å². The Labute approximate surface area is 130 Å². The molecule has 1 aromatic heterocycles. The predicted octanol–water partition coefficient (Wildman–Crippen LogP) is 0.943. The molecule has 0 spiro atoms. The van der Waals surface area contributed by atoms with E-state index in [0.29, 0.717) is 22.8 Å². The van der Waals surface area contributed by atoms with Crippen LogP contribution in [0.1, 0.15) is 23.0 Å². The number of rotatable bonds is 5. The fourth-order valence-corrected chi connectivity index (χ4v) is 3.92. The number of carboxylic acid groups (broad SMARTS) is 1. The van der Waals surface area contributed by atoms with Gasteiger partial charge in [0.15, 0.2) is 0 Å². The van der Waals surface area contributed by atoms with Crippen LogP contribution in [0.25, 0.3) is 0 Å². The first kappa shape index (κ1) is 15.8. The van der Waals surface area contributed by atoms with Gasteiger partial charge in [0.2, 0.25) is 5.91 Å². The molecule has 1 saturated heterocycles. The van der Waals surface area contributed by atoms with Gasteiger partial charge in [-0.15, -0.1) is 11.3 Å². The lowest BCUT2D eigenvalue weighted by Crippen LogP contribution is -2.59. The average molecular weight is 328 g/mol. The Morgan fingerprint density at radius 2 is 2.19 bits per heavy atom. The monoisotopic (exact) mass is 328 g/mol. The van der Waals surface area contributed by atoms with Gasteiger partial charge in [-0.2, -0.15) is 11.8 Å². The van der Waals surface area contributed by atoms with Crippen molar-refractivity contribution >= 4 is 40.9 Å². The number of carboxylic acids is 1. The molecule has 1 aliphatic rings. The van der Waals surface area contributed by atoms with Gasteiger partial charge < -0.3 is 15.7 Å². The van der Waals surface area contributed by atoms with Gasteiger partial charge in [-0.1, -0.05) is 6.07 Å². The number of thiophene rings is 1. The molecule has 1 aromatic rings. The van der Waals surface area contributed by atoms with Gasteiger partial charge >= 0.3 is 5.97 Å². The van der Waals surface area contributed by atoms with Gasteiger partial charge in [0.05, 0.1) is 4.88 Å². The van der Waals surface area contributed by atoms with Crippen LogP contribution in [0.2, 0.25) is 0 Å².